The zero-order valence-corrected chi connectivity index (χ0v) is 14.0. The minimum absolute atomic E-state index is 0.0943. The highest BCUT2D eigenvalue weighted by molar-refractivity contribution is 5.95. The highest BCUT2D eigenvalue weighted by atomic mass is 16.6. The number of rotatable bonds is 5. The van der Waals surface area contributed by atoms with Gasteiger partial charge in [0.25, 0.3) is 5.69 Å². The molecule has 8 nitrogen and oxygen atoms in total. The zero-order chi connectivity index (χ0) is 18.7. The lowest BCUT2D eigenvalue weighted by molar-refractivity contribution is -0.386. The van der Waals surface area contributed by atoms with Crippen molar-refractivity contribution in [3.63, 3.8) is 0 Å². The molecule has 1 heterocycles. The number of hydrogen-bond acceptors (Lipinski definition) is 5. The molecule has 134 valence electrons. The maximum absolute atomic E-state index is 12.3. The first-order valence-corrected chi connectivity index (χ1v) is 8.07. The van der Waals surface area contributed by atoms with E-state index in [9.17, 15) is 19.7 Å². The molecule has 2 amide bonds. The molecule has 1 aliphatic rings. The van der Waals surface area contributed by atoms with Gasteiger partial charge < -0.3 is 10.1 Å². The lowest BCUT2D eigenvalue weighted by atomic mass is 10.1. The standard InChI is InChI=1S/C18H17N3O5/c1-12(15-4-2-3-5-16(15)21(24)25)26-17(22)13-6-8-14(9-7-13)20-11-10-19-18(20)23/h2-9,12H,10-11H2,1H3,(H,19,23)/t12-/m0/s1. The van der Waals surface area contributed by atoms with Gasteiger partial charge in [0.1, 0.15) is 6.10 Å². The number of benzene rings is 2. The van der Waals surface area contributed by atoms with Gasteiger partial charge in [-0.15, -0.1) is 0 Å². The van der Waals surface area contributed by atoms with E-state index >= 15 is 0 Å². The molecule has 1 atom stereocenters. The Hall–Kier alpha value is -3.42. The first kappa shape index (κ1) is 17.4. The summed E-state index contributed by atoms with van der Waals surface area (Å²) in [5.74, 6) is -0.590. The van der Waals surface area contributed by atoms with Crippen molar-refractivity contribution in [3.05, 3.63) is 69.8 Å². The van der Waals surface area contributed by atoms with E-state index in [1.165, 1.54) is 6.07 Å². The van der Waals surface area contributed by atoms with Crippen molar-refractivity contribution < 1.29 is 19.2 Å². The van der Waals surface area contributed by atoms with Crippen molar-refractivity contribution in [2.45, 2.75) is 13.0 Å². The number of ether oxygens (including phenoxy) is 1. The van der Waals surface area contributed by atoms with Crippen LogP contribution < -0.4 is 10.2 Å². The van der Waals surface area contributed by atoms with Crippen LogP contribution in [0.25, 0.3) is 0 Å². The highest BCUT2D eigenvalue weighted by Gasteiger charge is 2.23. The van der Waals surface area contributed by atoms with Crippen LogP contribution in [-0.4, -0.2) is 30.0 Å². The van der Waals surface area contributed by atoms with Crippen molar-refractivity contribution in [3.8, 4) is 0 Å². The Kier molecular flexibility index (Phi) is 4.83. The van der Waals surface area contributed by atoms with Crippen LogP contribution in [0.1, 0.15) is 28.9 Å². The lowest BCUT2D eigenvalue weighted by Crippen LogP contribution is -2.27. The van der Waals surface area contributed by atoms with Gasteiger partial charge >= 0.3 is 12.0 Å². The van der Waals surface area contributed by atoms with Crippen molar-refractivity contribution in [2.75, 3.05) is 18.0 Å². The van der Waals surface area contributed by atoms with Crippen molar-refractivity contribution in [1.82, 2.24) is 5.32 Å². The van der Waals surface area contributed by atoms with E-state index < -0.39 is 17.0 Å². The van der Waals surface area contributed by atoms with Crippen LogP contribution in [0.5, 0.6) is 0 Å². The van der Waals surface area contributed by atoms with Gasteiger partial charge in [-0.25, -0.2) is 9.59 Å². The Labute approximate surface area is 149 Å². The van der Waals surface area contributed by atoms with E-state index in [0.717, 1.165) is 0 Å². The van der Waals surface area contributed by atoms with Crippen LogP contribution in [0.15, 0.2) is 48.5 Å². The molecule has 1 saturated heterocycles. The first-order chi connectivity index (χ1) is 12.5. The third-order valence-corrected chi connectivity index (χ3v) is 4.13. The average Bonchev–Trinajstić information content (AvgIpc) is 3.07. The Bertz CT molecular complexity index is 850. The summed E-state index contributed by atoms with van der Waals surface area (Å²) in [6.45, 7) is 2.73. The molecule has 8 heteroatoms. The molecule has 3 rings (SSSR count). The van der Waals surface area contributed by atoms with Gasteiger partial charge in [-0.2, -0.15) is 0 Å². The topological polar surface area (TPSA) is 102 Å². The summed E-state index contributed by atoms with van der Waals surface area (Å²) in [5.41, 5.74) is 1.22. The normalized spacial score (nSPS) is 14.7. The number of nitrogens with zero attached hydrogens (tertiary/aromatic N) is 2. The van der Waals surface area contributed by atoms with Gasteiger partial charge in [0.2, 0.25) is 0 Å². The van der Waals surface area contributed by atoms with E-state index in [1.54, 1.807) is 54.3 Å². The van der Waals surface area contributed by atoms with Crippen molar-refractivity contribution in [1.29, 1.82) is 0 Å². The van der Waals surface area contributed by atoms with E-state index in [4.69, 9.17) is 4.74 Å². The number of nitrogens with one attached hydrogen (secondary N) is 1. The molecule has 1 fully saturated rings. The summed E-state index contributed by atoms with van der Waals surface area (Å²) in [7, 11) is 0. The van der Waals surface area contributed by atoms with E-state index in [-0.39, 0.29) is 11.7 Å². The summed E-state index contributed by atoms with van der Waals surface area (Å²) in [5, 5.41) is 13.8. The molecule has 2 aromatic carbocycles. The number of nitro benzene ring substituents is 1. The minimum atomic E-state index is -0.770. The Morgan fingerprint density at radius 2 is 1.92 bits per heavy atom. The van der Waals surface area contributed by atoms with Gasteiger partial charge in [-0.1, -0.05) is 12.1 Å². The van der Waals surface area contributed by atoms with Crippen LogP contribution in [-0.2, 0) is 4.74 Å². The molecule has 0 spiro atoms. The predicted octanol–water partition coefficient (Wildman–Crippen LogP) is 3.04. The monoisotopic (exact) mass is 355 g/mol. The third-order valence-electron chi connectivity index (χ3n) is 4.13. The molecule has 2 aromatic rings. The van der Waals surface area contributed by atoms with Gasteiger partial charge in [-0.05, 0) is 37.3 Å². The number of nitro groups is 1. The lowest BCUT2D eigenvalue weighted by Gasteiger charge is -2.16. The van der Waals surface area contributed by atoms with Crippen molar-refractivity contribution in [2.24, 2.45) is 0 Å². The molecule has 0 aromatic heterocycles. The molecular formula is C18H17N3O5. The van der Waals surface area contributed by atoms with Crippen LogP contribution in [0.2, 0.25) is 0 Å². The summed E-state index contributed by atoms with van der Waals surface area (Å²) in [4.78, 5) is 36.1. The van der Waals surface area contributed by atoms with E-state index in [0.29, 0.717) is 29.9 Å². The van der Waals surface area contributed by atoms with Gasteiger partial charge in [0, 0.05) is 24.8 Å². The molecule has 0 aliphatic carbocycles. The van der Waals surface area contributed by atoms with Crippen LogP contribution in [0.3, 0.4) is 0 Å². The molecule has 0 radical (unpaired) electrons. The Morgan fingerprint density at radius 3 is 2.54 bits per heavy atom. The SMILES string of the molecule is C[C@H](OC(=O)c1ccc(N2CCNC2=O)cc1)c1ccccc1[N+](=O)[O-]. The Balaban J connectivity index is 1.72. The largest absolute Gasteiger partial charge is 0.454 e. The molecule has 0 unspecified atom stereocenters. The van der Waals surface area contributed by atoms with Crippen LogP contribution in [0.4, 0.5) is 16.2 Å². The molecule has 1 aliphatic heterocycles. The minimum Gasteiger partial charge on any atom is -0.454 e. The first-order valence-electron chi connectivity index (χ1n) is 8.07. The third kappa shape index (κ3) is 3.49. The fraction of sp³-hybridized carbons (Fsp3) is 0.222. The van der Waals surface area contributed by atoms with Crippen LogP contribution in [0, 0.1) is 10.1 Å². The molecule has 26 heavy (non-hydrogen) atoms. The molecule has 0 saturated carbocycles. The van der Waals surface area contributed by atoms with E-state index in [2.05, 4.69) is 5.32 Å². The molecule has 0 bridgehead atoms. The fourth-order valence-electron chi connectivity index (χ4n) is 2.79. The van der Waals surface area contributed by atoms with Crippen LogP contribution >= 0.6 is 0 Å². The summed E-state index contributed by atoms with van der Waals surface area (Å²) in [6.07, 6.45) is -0.770. The number of amides is 2. The summed E-state index contributed by atoms with van der Waals surface area (Å²) in [6, 6.07) is 12.4. The van der Waals surface area contributed by atoms with Crippen molar-refractivity contribution >= 4 is 23.4 Å². The highest BCUT2D eigenvalue weighted by Crippen LogP contribution is 2.28. The number of urea groups is 1. The zero-order valence-electron chi connectivity index (χ0n) is 14.0. The second kappa shape index (κ2) is 7.22. The average molecular weight is 355 g/mol. The molecule has 1 N–H and O–H groups in total. The second-order valence-corrected chi connectivity index (χ2v) is 5.79. The number of esters is 1. The smallest absolute Gasteiger partial charge is 0.338 e. The van der Waals surface area contributed by atoms with Gasteiger partial charge in [0.15, 0.2) is 0 Å². The van der Waals surface area contributed by atoms with Gasteiger partial charge in [-0.3, -0.25) is 15.0 Å². The quantitative estimate of drug-likeness (QED) is 0.504. The predicted molar refractivity (Wildman–Crippen MR) is 94.1 cm³/mol. The number of hydrogen-bond donors (Lipinski definition) is 1. The summed E-state index contributed by atoms with van der Waals surface area (Å²) >= 11 is 0. The number of anilines is 1. The Morgan fingerprint density at radius 1 is 1.23 bits per heavy atom. The number of para-hydroxylation sites is 1. The fourth-order valence-corrected chi connectivity index (χ4v) is 2.79. The summed E-state index contributed by atoms with van der Waals surface area (Å²) < 4.78 is 5.36. The number of carbonyl (C=O) groups excluding carboxylic acids is 2. The van der Waals surface area contributed by atoms with Gasteiger partial charge in [0.05, 0.1) is 16.1 Å². The van der Waals surface area contributed by atoms with E-state index in [1.807, 2.05) is 0 Å². The number of carbonyl (C=O) groups is 2. The molecular weight excluding hydrogens is 338 g/mol. The maximum Gasteiger partial charge on any atom is 0.338 e. The second-order valence-electron chi connectivity index (χ2n) is 5.79. The maximum atomic E-state index is 12.3.